The van der Waals surface area contributed by atoms with Crippen LogP contribution in [-0.2, 0) is 10.0 Å². The van der Waals surface area contributed by atoms with Gasteiger partial charge in [0.1, 0.15) is 0 Å². The fourth-order valence-corrected chi connectivity index (χ4v) is 4.61. The lowest BCUT2D eigenvalue weighted by Gasteiger charge is -2.31. The van der Waals surface area contributed by atoms with E-state index in [9.17, 15) is 8.42 Å². The van der Waals surface area contributed by atoms with Crippen LogP contribution in [0.2, 0.25) is 5.02 Å². The van der Waals surface area contributed by atoms with Gasteiger partial charge in [-0.05, 0) is 56.0 Å². The monoisotopic (exact) mass is 352 g/mol. The minimum atomic E-state index is -3.51. The van der Waals surface area contributed by atoms with Gasteiger partial charge in [-0.1, -0.05) is 24.4 Å². The molecule has 0 aliphatic heterocycles. The smallest absolute Gasteiger partial charge is 0.241 e. The zero-order chi connectivity index (χ0) is 14.8. The molecular weight excluding hydrogens is 331 g/mol. The second-order valence-corrected chi connectivity index (χ2v) is 7.54. The van der Waals surface area contributed by atoms with Crippen LogP contribution in [0.15, 0.2) is 23.1 Å². The lowest BCUT2D eigenvalue weighted by atomic mass is 9.85. The highest BCUT2D eigenvalue weighted by Gasteiger charge is 2.29. The third-order valence-electron chi connectivity index (χ3n) is 3.94. The van der Waals surface area contributed by atoms with Gasteiger partial charge < -0.3 is 5.73 Å². The quantitative estimate of drug-likeness (QED) is 0.874. The van der Waals surface area contributed by atoms with Gasteiger partial charge in [-0.15, -0.1) is 12.4 Å². The number of hydrogen-bond donors (Lipinski definition) is 2. The standard InChI is InChI=1S/C14H21ClN2O2S.ClH/c1-10-8-12(15)6-7-14(10)20(18,19)17-13-5-3-2-4-11(13)9-16;/h6-8,11,13,17H,2-5,9,16H2,1H3;1H. The van der Waals surface area contributed by atoms with E-state index in [4.69, 9.17) is 17.3 Å². The molecule has 1 aromatic rings. The van der Waals surface area contributed by atoms with Gasteiger partial charge in [0.05, 0.1) is 4.90 Å². The van der Waals surface area contributed by atoms with E-state index in [-0.39, 0.29) is 24.4 Å². The van der Waals surface area contributed by atoms with Gasteiger partial charge in [0.15, 0.2) is 0 Å². The molecule has 0 amide bonds. The molecule has 120 valence electrons. The number of hydrogen-bond acceptors (Lipinski definition) is 3. The Morgan fingerprint density at radius 1 is 1.33 bits per heavy atom. The molecule has 0 saturated heterocycles. The van der Waals surface area contributed by atoms with Crippen LogP contribution >= 0.6 is 24.0 Å². The first-order chi connectivity index (χ1) is 9.44. The van der Waals surface area contributed by atoms with Gasteiger partial charge in [-0.25, -0.2) is 13.1 Å². The van der Waals surface area contributed by atoms with Gasteiger partial charge in [0.25, 0.3) is 0 Å². The second kappa shape index (κ2) is 7.79. The van der Waals surface area contributed by atoms with E-state index in [0.717, 1.165) is 25.7 Å². The van der Waals surface area contributed by atoms with Crippen LogP contribution in [0.3, 0.4) is 0 Å². The topological polar surface area (TPSA) is 72.2 Å². The van der Waals surface area contributed by atoms with Crippen molar-refractivity contribution in [2.45, 2.75) is 43.5 Å². The number of benzene rings is 1. The molecule has 7 heteroatoms. The molecule has 1 aliphatic rings. The summed E-state index contributed by atoms with van der Waals surface area (Å²) in [5, 5.41) is 0.541. The first kappa shape index (κ1) is 18.7. The summed E-state index contributed by atoms with van der Waals surface area (Å²) in [5.41, 5.74) is 6.41. The average molecular weight is 353 g/mol. The minimum absolute atomic E-state index is 0. The predicted octanol–water partition coefficient (Wildman–Crippen LogP) is 2.87. The van der Waals surface area contributed by atoms with Crippen LogP contribution in [0.4, 0.5) is 0 Å². The van der Waals surface area contributed by atoms with E-state index in [0.29, 0.717) is 22.0 Å². The summed E-state index contributed by atoms with van der Waals surface area (Å²) >= 11 is 5.87. The number of halogens is 2. The van der Waals surface area contributed by atoms with E-state index in [1.165, 1.54) is 0 Å². The van der Waals surface area contributed by atoms with Gasteiger partial charge >= 0.3 is 0 Å². The van der Waals surface area contributed by atoms with Crippen LogP contribution in [0.25, 0.3) is 0 Å². The largest absolute Gasteiger partial charge is 0.330 e. The Kier molecular flexibility index (Phi) is 6.94. The van der Waals surface area contributed by atoms with Crippen molar-refractivity contribution in [2.24, 2.45) is 11.7 Å². The number of aryl methyl sites for hydroxylation is 1. The number of rotatable bonds is 4. The molecule has 1 aromatic carbocycles. The Balaban J connectivity index is 0.00000220. The Hall–Kier alpha value is -0.330. The van der Waals surface area contributed by atoms with Crippen LogP contribution < -0.4 is 10.5 Å². The van der Waals surface area contributed by atoms with Crippen LogP contribution in [-0.4, -0.2) is 21.0 Å². The van der Waals surface area contributed by atoms with Crippen molar-refractivity contribution in [2.75, 3.05) is 6.54 Å². The zero-order valence-electron chi connectivity index (χ0n) is 12.0. The average Bonchev–Trinajstić information content (AvgIpc) is 2.38. The Bertz CT molecular complexity index is 578. The minimum Gasteiger partial charge on any atom is -0.330 e. The van der Waals surface area contributed by atoms with Crippen molar-refractivity contribution < 1.29 is 8.42 Å². The normalized spacial score (nSPS) is 22.6. The first-order valence-electron chi connectivity index (χ1n) is 6.92. The molecule has 1 fully saturated rings. The summed E-state index contributed by atoms with van der Waals surface area (Å²) in [7, 11) is -3.51. The van der Waals surface area contributed by atoms with Crippen molar-refractivity contribution >= 4 is 34.0 Å². The van der Waals surface area contributed by atoms with Crippen molar-refractivity contribution in [1.29, 1.82) is 0 Å². The molecule has 4 nitrogen and oxygen atoms in total. The number of sulfonamides is 1. The summed E-state index contributed by atoms with van der Waals surface area (Å²) in [5.74, 6) is 0.228. The van der Waals surface area contributed by atoms with E-state index < -0.39 is 10.0 Å². The molecule has 0 aromatic heterocycles. The van der Waals surface area contributed by atoms with Gasteiger partial charge in [-0.3, -0.25) is 0 Å². The Labute approximate surface area is 137 Å². The van der Waals surface area contributed by atoms with Gasteiger partial charge in [0, 0.05) is 11.1 Å². The predicted molar refractivity (Wildman–Crippen MR) is 88.6 cm³/mol. The lowest BCUT2D eigenvalue weighted by Crippen LogP contribution is -2.44. The molecule has 0 spiro atoms. The molecule has 2 rings (SSSR count). The summed E-state index contributed by atoms with van der Waals surface area (Å²) in [6.45, 7) is 2.27. The third-order valence-corrected chi connectivity index (χ3v) is 5.83. The molecular formula is C14H22Cl2N2O2S. The van der Waals surface area contributed by atoms with E-state index in [1.807, 2.05) is 0 Å². The molecule has 0 heterocycles. The SMILES string of the molecule is Cc1cc(Cl)ccc1S(=O)(=O)NC1CCCCC1CN.Cl. The van der Waals surface area contributed by atoms with Crippen molar-refractivity contribution in [3.63, 3.8) is 0 Å². The summed E-state index contributed by atoms with van der Waals surface area (Å²) in [4.78, 5) is 0.295. The first-order valence-corrected chi connectivity index (χ1v) is 8.78. The highest BCUT2D eigenvalue weighted by molar-refractivity contribution is 7.89. The van der Waals surface area contributed by atoms with Crippen molar-refractivity contribution in [1.82, 2.24) is 4.72 Å². The fourth-order valence-electron chi connectivity index (χ4n) is 2.82. The number of nitrogens with one attached hydrogen (secondary N) is 1. The molecule has 2 atom stereocenters. The molecule has 0 radical (unpaired) electrons. The van der Waals surface area contributed by atoms with E-state index >= 15 is 0 Å². The van der Waals surface area contributed by atoms with E-state index in [2.05, 4.69) is 4.72 Å². The highest BCUT2D eigenvalue weighted by atomic mass is 35.5. The maximum absolute atomic E-state index is 12.5. The second-order valence-electron chi connectivity index (χ2n) is 5.42. The lowest BCUT2D eigenvalue weighted by molar-refractivity contribution is 0.296. The maximum Gasteiger partial charge on any atom is 0.241 e. The Morgan fingerprint density at radius 2 is 2.00 bits per heavy atom. The summed E-state index contributed by atoms with van der Waals surface area (Å²) in [6.07, 6.45) is 4.01. The zero-order valence-corrected chi connectivity index (χ0v) is 14.4. The third kappa shape index (κ3) is 4.57. The van der Waals surface area contributed by atoms with Crippen molar-refractivity contribution in [3.05, 3.63) is 28.8 Å². The Morgan fingerprint density at radius 3 is 2.62 bits per heavy atom. The fraction of sp³-hybridized carbons (Fsp3) is 0.571. The molecule has 1 aliphatic carbocycles. The van der Waals surface area contributed by atoms with Crippen LogP contribution in [0.5, 0.6) is 0 Å². The van der Waals surface area contributed by atoms with Crippen molar-refractivity contribution in [3.8, 4) is 0 Å². The molecule has 21 heavy (non-hydrogen) atoms. The molecule has 3 N–H and O–H groups in total. The summed E-state index contributed by atoms with van der Waals surface area (Å²) in [6, 6.07) is 4.76. The van der Waals surface area contributed by atoms with Crippen LogP contribution in [0.1, 0.15) is 31.2 Å². The molecule has 2 unspecified atom stereocenters. The molecule has 0 bridgehead atoms. The van der Waals surface area contributed by atoms with Gasteiger partial charge in [0.2, 0.25) is 10.0 Å². The summed E-state index contributed by atoms with van der Waals surface area (Å²) < 4.78 is 27.8. The maximum atomic E-state index is 12.5. The molecule has 1 saturated carbocycles. The van der Waals surface area contributed by atoms with E-state index in [1.54, 1.807) is 25.1 Å². The highest BCUT2D eigenvalue weighted by Crippen LogP contribution is 2.26. The van der Waals surface area contributed by atoms with Crippen LogP contribution in [0, 0.1) is 12.8 Å². The van der Waals surface area contributed by atoms with Gasteiger partial charge in [-0.2, -0.15) is 0 Å². The number of nitrogens with two attached hydrogens (primary N) is 1.